The van der Waals surface area contributed by atoms with E-state index < -0.39 is 18.2 Å². The van der Waals surface area contributed by atoms with E-state index in [2.05, 4.69) is 67.8 Å². The molecule has 0 aromatic rings. The van der Waals surface area contributed by atoms with E-state index in [1.807, 2.05) is 6.08 Å². The number of unbranched alkanes of at least 4 members (excludes halogenated alkanes) is 24. The first-order valence-electron chi connectivity index (χ1n) is 23.1. The van der Waals surface area contributed by atoms with Gasteiger partial charge in [0.1, 0.15) is 0 Å². The molecule has 0 aliphatic carbocycles. The van der Waals surface area contributed by atoms with E-state index in [-0.39, 0.29) is 18.9 Å². The molecule has 0 radical (unpaired) electrons. The van der Waals surface area contributed by atoms with Gasteiger partial charge in [-0.3, -0.25) is 4.79 Å². The number of hydrogen-bond donors (Lipinski definition) is 4. The molecule has 0 bridgehead atoms. The monoisotopic (exact) mass is 756 g/mol. The fourth-order valence-electron chi connectivity index (χ4n) is 6.69. The highest BCUT2D eigenvalue weighted by Crippen LogP contribution is 2.14. The topological polar surface area (TPSA) is 89.8 Å². The summed E-state index contributed by atoms with van der Waals surface area (Å²) in [5.74, 6) is -0.334. The van der Waals surface area contributed by atoms with Gasteiger partial charge in [0.15, 0.2) is 0 Å². The third-order valence-electron chi connectivity index (χ3n) is 10.3. The van der Waals surface area contributed by atoms with Crippen molar-refractivity contribution in [1.82, 2.24) is 5.32 Å². The van der Waals surface area contributed by atoms with Gasteiger partial charge in [-0.05, 0) is 77.0 Å². The second kappa shape index (κ2) is 43.8. The second-order valence-corrected chi connectivity index (χ2v) is 15.6. The highest BCUT2D eigenvalue weighted by Gasteiger charge is 2.20. The van der Waals surface area contributed by atoms with Crippen LogP contribution in [0.5, 0.6) is 0 Å². The van der Waals surface area contributed by atoms with E-state index in [0.29, 0.717) is 6.42 Å². The van der Waals surface area contributed by atoms with Crippen LogP contribution in [0.15, 0.2) is 60.8 Å². The van der Waals surface area contributed by atoms with Crippen LogP contribution in [-0.4, -0.2) is 46.1 Å². The Bertz CT molecular complexity index is 923. The maximum absolute atomic E-state index is 12.4. The summed E-state index contributed by atoms with van der Waals surface area (Å²) < 4.78 is 0. The first-order chi connectivity index (χ1) is 26.5. The fourth-order valence-corrected chi connectivity index (χ4v) is 6.69. The van der Waals surface area contributed by atoms with Crippen molar-refractivity contribution in [2.45, 2.75) is 238 Å². The molecule has 3 atom stereocenters. The minimum Gasteiger partial charge on any atom is -0.394 e. The zero-order chi connectivity index (χ0) is 39.4. The highest BCUT2D eigenvalue weighted by atomic mass is 16.3. The molecule has 3 unspecified atom stereocenters. The third-order valence-corrected chi connectivity index (χ3v) is 10.3. The molecule has 0 aromatic heterocycles. The first-order valence-corrected chi connectivity index (χ1v) is 23.1. The Morgan fingerprint density at radius 2 is 0.852 bits per heavy atom. The predicted molar refractivity (Wildman–Crippen MR) is 236 cm³/mol. The Kier molecular flexibility index (Phi) is 42.2. The Balaban J connectivity index is 3.68. The standard InChI is InChI=1S/C49H89NO4/c1-3-5-7-9-11-13-15-17-19-20-21-22-23-24-25-26-27-28-29-30-32-34-36-38-40-42-46(52)44-49(54)50-47(45-51)48(53)43-41-39-37-35-33-31-18-16-14-12-10-8-6-4-2/h14,16,21-22,24-25,33,35,41,43,46-48,51-53H,3-13,15,17-20,23,26-32,34,36-40,42,44-45H2,1-2H3,(H,50,54)/b16-14+,22-21-,25-24-,35-33+,43-41+. The average molecular weight is 756 g/mol. The van der Waals surface area contributed by atoms with E-state index in [0.717, 1.165) is 44.9 Å². The molecule has 0 fully saturated rings. The van der Waals surface area contributed by atoms with Crippen LogP contribution in [0, 0.1) is 0 Å². The minimum atomic E-state index is -0.962. The number of aliphatic hydroxyl groups is 3. The highest BCUT2D eigenvalue weighted by molar-refractivity contribution is 5.76. The number of carbonyl (C=O) groups excluding carboxylic acids is 1. The molecule has 5 nitrogen and oxygen atoms in total. The molecular formula is C49H89NO4. The summed E-state index contributed by atoms with van der Waals surface area (Å²) >= 11 is 0. The largest absolute Gasteiger partial charge is 0.394 e. The van der Waals surface area contributed by atoms with Crippen LogP contribution in [0.25, 0.3) is 0 Å². The van der Waals surface area contributed by atoms with E-state index in [1.165, 1.54) is 148 Å². The van der Waals surface area contributed by atoms with Crippen molar-refractivity contribution in [2.75, 3.05) is 6.61 Å². The van der Waals surface area contributed by atoms with Crippen LogP contribution in [-0.2, 0) is 4.79 Å². The van der Waals surface area contributed by atoms with Gasteiger partial charge in [0, 0.05) is 0 Å². The van der Waals surface area contributed by atoms with Gasteiger partial charge in [-0.15, -0.1) is 0 Å². The Hall–Kier alpha value is -1.95. The van der Waals surface area contributed by atoms with Gasteiger partial charge in [0.25, 0.3) is 0 Å². The number of carbonyl (C=O) groups is 1. The maximum atomic E-state index is 12.4. The smallest absolute Gasteiger partial charge is 0.222 e. The molecule has 0 aliphatic rings. The first kappa shape index (κ1) is 52.0. The zero-order valence-corrected chi connectivity index (χ0v) is 35.6. The van der Waals surface area contributed by atoms with Crippen LogP contribution < -0.4 is 5.32 Å². The Morgan fingerprint density at radius 3 is 1.31 bits per heavy atom. The van der Waals surface area contributed by atoms with Gasteiger partial charge in [-0.2, -0.15) is 0 Å². The van der Waals surface area contributed by atoms with E-state index in [1.54, 1.807) is 6.08 Å². The third kappa shape index (κ3) is 39.7. The molecule has 0 heterocycles. The van der Waals surface area contributed by atoms with Gasteiger partial charge >= 0.3 is 0 Å². The van der Waals surface area contributed by atoms with Crippen LogP contribution in [0.3, 0.4) is 0 Å². The molecule has 5 heteroatoms. The number of allylic oxidation sites excluding steroid dienone is 9. The van der Waals surface area contributed by atoms with Crippen molar-refractivity contribution in [2.24, 2.45) is 0 Å². The van der Waals surface area contributed by atoms with Crippen molar-refractivity contribution in [3.05, 3.63) is 60.8 Å². The Morgan fingerprint density at radius 1 is 0.481 bits per heavy atom. The van der Waals surface area contributed by atoms with Crippen LogP contribution >= 0.6 is 0 Å². The summed E-state index contributed by atoms with van der Waals surface area (Å²) in [5, 5.41) is 33.2. The second-order valence-electron chi connectivity index (χ2n) is 15.6. The van der Waals surface area contributed by atoms with Crippen LogP contribution in [0.4, 0.5) is 0 Å². The molecule has 0 saturated heterocycles. The lowest BCUT2D eigenvalue weighted by Crippen LogP contribution is -2.45. The molecule has 4 N–H and O–H groups in total. The normalized spacial score (nSPS) is 14.1. The SMILES string of the molecule is CCCCCC/C=C/CC/C=C/CC/C=C/C(O)C(CO)NC(=O)CC(O)CCCCCCCCCCC/C=C\C/C=C\CCCCCCCCCCC. The average Bonchev–Trinajstić information content (AvgIpc) is 3.16. The van der Waals surface area contributed by atoms with Crippen LogP contribution in [0.1, 0.15) is 219 Å². The predicted octanol–water partition coefficient (Wildman–Crippen LogP) is 13.5. The lowest BCUT2D eigenvalue weighted by atomic mass is 10.0. The molecule has 0 spiro atoms. The summed E-state index contributed by atoms with van der Waals surface area (Å²) in [6.07, 6.45) is 58.0. The molecule has 1 amide bonds. The van der Waals surface area contributed by atoms with Gasteiger partial charge < -0.3 is 20.6 Å². The van der Waals surface area contributed by atoms with Gasteiger partial charge in [0.05, 0.1) is 31.3 Å². The summed E-state index contributed by atoms with van der Waals surface area (Å²) in [4.78, 5) is 12.4. The van der Waals surface area contributed by atoms with Crippen molar-refractivity contribution < 1.29 is 20.1 Å². The number of aliphatic hydroxyl groups excluding tert-OH is 3. The Labute approximate surface area is 335 Å². The number of nitrogens with one attached hydrogen (secondary N) is 1. The molecule has 0 rings (SSSR count). The van der Waals surface area contributed by atoms with Gasteiger partial charge in [-0.25, -0.2) is 0 Å². The van der Waals surface area contributed by atoms with Gasteiger partial charge in [0.2, 0.25) is 5.91 Å². The zero-order valence-electron chi connectivity index (χ0n) is 35.6. The fraction of sp³-hybridized carbons (Fsp3) is 0.776. The van der Waals surface area contributed by atoms with Crippen molar-refractivity contribution in [1.29, 1.82) is 0 Å². The van der Waals surface area contributed by atoms with Crippen molar-refractivity contribution in [3.63, 3.8) is 0 Å². The quantitative estimate of drug-likeness (QED) is 0.0369. The summed E-state index contributed by atoms with van der Waals surface area (Å²) in [6.45, 7) is 4.17. The lowest BCUT2D eigenvalue weighted by molar-refractivity contribution is -0.124. The summed E-state index contributed by atoms with van der Waals surface area (Å²) in [6, 6.07) is -0.770. The van der Waals surface area contributed by atoms with E-state index >= 15 is 0 Å². The van der Waals surface area contributed by atoms with E-state index in [9.17, 15) is 20.1 Å². The van der Waals surface area contributed by atoms with Crippen molar-refractivity contribution >= 4 is 5.91 Å². The lowest BCUT2D eigenvalue weighted by Gasteiger charge is -2.21. The maximum Gasteiger partial charge on any atom is 0.222 e. The van der Waals surface area contributed by atoms with Crippen LogP contribution in [0.2, 0.25) is 0 Å². The van der Waals surface area contributed by atoms with Gasteiger partial charge in [-0.1, -0.05) is 197 Å². The van der Waals surface area contributed by atoms with E-state index in [4.69, 9.17) is 0 Å². The molecule has 314 valence electrons. The molecular weight excluding hydrogens is 667 g/mol. The number of hydrogen-bond acceptors (Lipinski definition) is 4. The molecule has 0 aromatic carbocycles. The molecule has 0 aliphatic heterocycles. The number of rotatable bonds is 41. The summed E-state index contributed by atoms with van der Waals surface area (Å²) in [5.41, 5.74) is 0. The molecule has 0 saturated carbocycles. The van der Waals surface area contributed by atoms with Crippen molar-refractivity contribution in [3.8, 4) is 0 Å². The minimum absolute atomic E-state index is 0.00291. The summed E-state index contributed by atoms with van der Waals surface area (Å²) in [7, 11) is 0. The number of amides is 1. The molecule has 54 heavy (non-hydrogen) atoms.